The minimum absolute atomic E-state index is 0.0519. The number of sulfonamides is 1. The van der Waals surface area contributed by atoms with Crippen LogP contribution in [0, 0.1) is 6.92 Å². The number of hydrogen-bond donors (Lipinski definition) is 0. The minimum Gasteiger partial charge on any atom is -0.338 e. The molecule has 2 fully saturated rings. The molecule has 0 unspecified atom stereocenters. The van der Waals surface area contributed by atoms with E-state index in [0.717, 1.165) is 50.0 Å². The van der Waals surface area contributed by atoms with Crippen molar-refractivity contribution in [3.05, 3.63) is 22.0 Å². The molecule has 0 aliphatic carbocycles. The number of amides is 1. The van der Waals surface area contributed by atoms with Gasteiger partial charge in [0.2, 0.25) is 0 Å². The third kappa shape index (κ3) is 3.70. The van der Waals surface area contributed by atoms with Gasteiger partial charge in [-0.1, -0.05) is 0 Å². The molecule has 6 nitrogen and oxygen atoms in total. The molecule has 0 aromatic carbocycles. The topological polar surface area (TPSA) is 70.6 Å². The van der Waals surface area contributed by atoms with E-state index in [9.17, 15) is 13.2 Å². The number of carbonyl (C=O) groups excluding carboxylic acids is 1. The summed E-state index contributed by atoms with van der Waals surface area (Å²) >= 11 is 2.60. The summed E-state index contributed by atoms with van der Waals surface area (Å²) in [5.41, 5.74) is 1.50. The van der Waals surface area contributed by atoms with Gasteiger partial charge in [0, 0.05) is 37.1 Å². The van der Waals surface area contributed by atoms with E-state index in [4.69, 9.17) is 0 Å². The van der Waals surface area contributed by atoms with E-state index in [1.807, 2.05) is 17.2 Å². The molecule has 2 aromatic rings. The number of likely N-dealkylation sites (tertiary alicyclic amines) is 1. The number of aryl methyl sites for hydroxylation is 1. The van der Waals surface area contributed by atoms with Crippen LogP contribution in [0.4, 0.5) is 0 Å². The lowest BCUT2D eigenvalue weighted by Crippen LogP contribution is -2.35. The maximum absolute atomic E-state index is 12.8. The zero-order valence-electron chi connectivity index (χ0n) is 15.3. The van der Waals surface area contributed by atoms with Crippen molar-refractivity contribution in [1.29, 1.82) is 0 Å². The third-order valence-corrected chi connectivity index (χ3v) is 9.62. The molecule has 146 valence electrons. The van der Waals surface area contributed by atoms with Crippen LogP contribution >= 0.6 is 22.7 Å². The second-order valence-corrected chi connectivity index (χ2v) is 11.1. The van der Waals surface area contributed by atoms with Crippen LogP contribution in [0.5, 0.6) is 0 Å². The van der Waals surface area contributed by atoms with E-state index < -0.39 is 10.0 Å². The Morgan fingerprint density at radius 2 is 1.74 bits per heavy atom. The Labute approximate surface area is 167 Å². The highest BCUT2D eigenvalue weighted by Gasteiger charge is 2.29. The van der Waals surface area contributed by atoms with Gasteiger partial charge in [-0.25, -0.2) is 13.4 Å². The van der Waals surface area contributed by atoms with E-state index in [1.165, 1.54) is 29.1 Å². The molecule has 2 aliphatic rings. The summed E-state index contributed by atoms with van der Waals surface area (Å²) in [5, 5.41) is 2.54. The zero-order valence-corrected chi connectivity index (χ0v) is 17.8. The first-order valence-corrected chi connectivity index (χ1v) is 12.5. The lowest BCUT2D eigenvalue weighted by molar-refractivity contribution is 0.0728. The fourth-order valence-corrected chi connectivity index (χ4v) is 7.51. The number of thiazole rings is 1. The van der Waals surface area contributed by atoms with Gasteiger partial charge in [-0.05, 0) is 45.1 Å². The first-order valence-electron chi connectivity index (χ1n) is 9.32. The predicted octanol–water partition coefficient (Wildman–Crippen LogP) is 3.59. The molecule has 0 N–H and O–H groups in total. The smallest absolute Gasteiger partial charge is 0.265 e. The molecule has 27 heavy (non-hydrogen) atoms. The second-order valence-electron chi connectivity index (χ2n) is 7.05. The predicted molar refractivity (Wildman–Crippen MR) is 108 cm³/mol. The molecule has 0 saturated carbocycles. The Morgan fingerprint density at radius 1 is 1.07 bits per heavy atom. The van der Waals surface area contributed by atoms with Crippen LogP contribution in [-0.4, -0.2) is 54.7 Å². The Kier molecular flexibility index (Phi) is 5.37. The quantitative estimate of drug-likeness (QED) is 0.751. The highest BCUT2D eigenvalue weighted by atomic mass is 32.2. The van der Waals surface area contributed by atoms with Crippen molar-refractivity contribution in [2.45, 2.75) is 43.2 Å². The van der Waals surface area contributed by atoms with Crippen molar-refractivity contribution in [2.24, 2.45) is 0 Å². The SMILES string of the molecule is Cc1nc(-c2csc(S(=O)(=O)N3CCCC3)c2)sc1C(=O)N1CCCCC1. The number of hydrogen-bond acceptors (Lipinski definition) is 6. The standard InChI is InChI=1S/C18H23N3O3S3/c1-13-16(18(22)20-7-3-2-4-8-20)26-17(19-13)14-11-15(25-12-14)27(23,24)21-9-5-6-10-21/h11-12H,2-10H2,1H3. The van der Waals surface area contributed by atoms with Gasteiger partial charge in [0.15, 0.2) is 0 Å². The highest BCUT2D eigenvalue weighted by Crippen LogP contribution is 2.35. The summed E-state index contributed by atoms with van der Waals surface area (Å²) in [4.78, 5) is 19.9. The van der Waals surface area contributed by atoms with Crippen LogP contribution in [0.25, 0.3) is 10.6 Å². The van der Waals surface area contributed by atoms with Crippen molar-refractivity contribution in [1.82, 2.24) is 14.2 Å². The molecule has 0 spiro atoms. The molecular weight excluding hydrogens is 402 g/mol. The summed E-state index contributed by atoms with van der Waals surface area (Å²) in [5.74, 6) is 0.0519. The summed E-state index contributed by atoms with van der Waals surface area (Å²) in [6.07, 6.45) is 5.13. The number of carbonyl (C=O) groups is 1. The molecule has 2 aliphatic heterocycles. The molecule has 0 bridgehead atoms. The van der Waals surface area contributed by atoms with Crippen LogP contribution in [0.3, 0.4) is 0 Å². The number of rotatable bonds is 4. The second kappa shape index (κ2) is 7.62. The summed E-state index contributed by atoms with van der Waals surface area (Å²) in [7, 11) is -3.41. The Bertz CT molecular complexity index is 936. The Hall–Kier alpha value is -1.29. The van der Waals surface area contributed by atoms with Gasteiger partial charge in [-0.15, -0.1) is 22.7 Å². The molecule has 9 heteroatoms. The van der Waals surface area contributed by atoms with Crippen LogP contribution < -0.4 is 0 Å². The summed E-state index contributed by atoms with van der Waals surface area (Å²) < 4.78 is 27.4. The van der Waals surface area contributed by atoms with Gasteiger partial charge in [-0.3, -0.25) is 4.79 Å². The lowest BCUT2D eigenvalue weighted by Gasteiger charge is -2.26. The van der Waals surface area contributed by atoms with E-state index in [2.05, 4.69) is 4.98 Å². The molecule has 4 rings (SSSR count). The third-order valence-electron chi connectivity index (χ3n) is 5.12. The maximum Gasteiger partial charge on any atom is 0.265 e. The number of nitrogens with zero attached hydrogens (tertiary/aromatic N) is 3. The monoisotopic (exact) mass is 425 g/mol. The van der Waals surface area contributed by atoms with E-state index in [0.29, 0.717) is 27.2 Å². The normalized spacial score (nSPS) is 18.9. The summed E-state index contributed by atoms with van der Waals surface area (Å²) in [6, 6.07) is 1.70. The van der Waals surface area contributed by atoms with Gasteiger partial charge in [0.25, 0.3) is 15.9 Å². The first-order chi connectivity index (χ1) is 13.0. The van der Waals surface area contributed by atoms with Crippen molar-refractivity contribution >= 4 is 38.6 Å². The van der Waals surface area contributed by atoms with Crippen molar-refractivity contribution in [3.63, 3.8) is 0 Å². The van der Waals surface area contributed by atoms with Crippen molar-refractivity contribution in [3.8, 4) is 10.6 Å². The van der Waals surface area contributed by atoms with Crippen LogP contribution in [0.1, 0.15) is 47.5 Å². The van der Waals surface area contributed by atoms with Crippen molar-refractivity contribution in [2.75, 3.05) is 26.2 Å². The van der Waals surface area contributed by atoms with E-state index in [1.54, 1.807) is 10.4 Å². The van der Waals surface area contributed by atoms with Gasteiger partial charge in [0.05, 0.1) is 5.69 Å². The average molecular weight is 426 g/mol. The molecule has 0 radical (unpaired) electrons. The lowest BCUT2D eigenvalue weighted by atomic mass is 10.1. The number of aromatic nitrogens is 1. The highest BCUT2D eigenvalue weighted by molar-refractivity contribution is 7.91. The first kappa shape index (κ1) is 19.0. The van der Waals surface area contributed by atoms with Gasteiger partial charge < -0.3 is 4.90 Å². The van der Waals surface area contributed by atoms with E-state index >= 15 is 0 Å². The fourth-order valence-electron chi connectivity index (χ4n) is 3.58. The van der Waals surface area contributed by atoms with Gasteiger partial charge in [0.1, 0.15) is 14.1 Å². The van der Waals surface area contributed by atoms with Gasteiger partial charge in [-0.2, -0.15) is 4.31 Å². The number of piperidine rings is 1. The molecule has 2 saturated heterocycles. The van der Waals surface area contributed by atoms with Gasteiger partial charge >= 0.3 is 0 Å². The molecule has 4 heterocycles. The molecule has 0 atom stereocenters. The zero-order chi connectivity index (χ0) is 19.0. The Morgan fingerprint density at radius 3 is 2.44 bits per heavy atom. The molecule has 2 aromatic heterocycles. The largest absolute Gasteiger partial charge is 0.338 e. The Balaban J connectivity index is 1.58. The molecular formula is C18H23N3O3S3. The average Bonchev–Trinajstić information content (AvgIpc) is 3.42. The number of thiophene rings is 1. The minimum atomic E-state index is -3.41. The van der Waals surface area contributed by atoms with Crippen LogP contribution in [0.15, 0.2) is 15.7 Å². The fraction of sp³-hybridized carbons (Fsp3) is 0.556. The van der Waals surface area contributed by atoms with E-state index in [-0.39, 0.29) is 5.91 Å². The van der Waals surface area contributed by atoms with Crippen LogP contribution in [0.2, 0.25) is 0 Å². The van der Waals surface area contributed by atoms with Crippen LogP contribution in [-0.2, 0) is 10.0 Å². The summed E-state index contributed by atoms with van der Waals surface area (Å²) in [6.45, 7) is 4.66. The van der Waals surface area contributed by atoms with Crippen molar-refractivity contribution < 1.29 is 13.2 Å². The maximum atomic E-state index is 12.8. The molecule has 1 amide bonds.